The molecule has 0 aromatic heterocycles. The molecule has 1 saturated heterocycles. The van der Waals surface area contributed by atoms with Crippen LogP contribution >= 0.6 is 0 Å². The monoisotopic (exact) mass is 363 g/mol. The Morgan fingerprint density at radius 1 is 1.19 bits per heavy atom. The molecule has 1 aliphatic rings. The number of ether oxygens (including phenoxy) is 2. The lowest BCUT2D eigenvalue weighted by Gasteiger charge is -2.30. The van der Waals surface area contributed by atoms with E-state index >= 15 is 0 Å². The molecule has 0 spiro atoms. The zero-order valence-electron chi connectivity index (χ0n) is 16.2. The quantitative estimate of drug-likeness (QED) is 0.647. The van der Waals surface area contributed by atoms with Gasteiger partial charge in [-0.05, 0) is 18.6 Å². The number of rotatable bonds is 10. The first-order chi connectivity index (χ1) is 12.7. The van der Waals surface area contributed by atoms with E-state index < -0.39 is 0 Å². The maximum Gasteiger partial charge on any atom is 0.321 e. The number of benzene rings is 1. The Hall–Kier alpha value is -1.79. The molecule has 1 aromatic rings. The molecule has 2 rings (SSSR count). The fourth-order valence-corrected chi connectivity index (χ4v) is 3.07. The topological polar surface area (TPSA) is 54.0 Å². The fourth-order valence-electron chi connectivity index (χ4n) is 3.07. The first kappa shape index (κ1) is 20.5. The number of nitrogens with zero attached hydrogens (tertiary/aromatic N) is 2. The summed E-state index contributed by atoms with van der Waals surface area (Å²) < 4.78 is 10.7. The molecule has 26 heavy (non-hydrogen) atoms. The number of carbonyl (C=O) groups is 1. The SMILES string of the molecule is CCCCCCN(CCN1CCOCC1)C(=O)Nc1ccccc1OC. The summed E-state index contributed by atoms with van der Waals surface area (Å²) in [6.07, 6.45) is 4.61. The van der Waals surface area contributed by atoms with Crippen LogP contribution in [0.2, 0.25) is 0 Å². The standard InChI is InChI=1S/C20H33N3O3/c1-3-4-5-8-11-23(13-12-22-14-16-26-17-15-22)20(24)21-18-9-6-7-10-19(18)25-2/h6-7,9-10H,3-5,8,11-17H2,1-2H3,(H,21,24). The van der Waals surface area contributed by atoms with Gasteiger partial charge in [-0.1, -0.05) is 38.3 Å². The molecular formula is C20H33N3O3. The van der Waals surface area contributed by atoms with Crippen LogP contribution in [0.5, 0.6) is 5.75 Å². The highest BCUT2D eigenvalue weighted by Gasteiger charge is 2.17. The molecule has 0 radical (unpaired) electrons. The largest absolute Gasteiger partial charge is 0.495 e. The first-order valence-electron chi connectivity index (χ1n) is 9.73. The van der Waals surface area contributed by atoms with Gasteiger partial charge in [0.25, 0.3) is 0 Å². The Morgan fingerprint density at radius 2 is 1.96 bits per heavy atom. The summed E-state index contributed by atoms with van der Waals surface area (Å²) in [6, 6.07) is 7.47. The van der Waals surface area contributed by atoms with Crippen LogP contribution in [-0.4, -0.2) is 68.9 Å². The van der Waals surface area contributed by atoms with E-state index in [0.717, 1.165) is 58.8 Å². The molecule has 2 amide bonds. The predicted molar refractivity (Wildman–Crippen MR) is 105 cm³/mol. The van der Waals surface area contributed by atoms with Crippen LogP contribution in [-0.2, 0) is 4.74 Å². The number of morpholine rings is 1. The van der Waals surface area contributed by atoms with Crippen LogP contribution in [0.3, 0.4) is 0 Å². The van der Waals surface area contributed by atoms with Crippen molar-refractivity contribution in [1.29, 1.82) is 0 Å². The molecule has 1 heterocycles. The van der Waals surface area contributed by atoms with E-state index in [1.807, 2.05) is 29.2 Å². The molecule has 1 N–H and O–H groups in total. The van der Waals surface area contributed by atoms with E-state index in [9.17, 15) is 4.79 Å². The predicted octanol–water partition coefficient (Wildman–Crippen LogP) is 3.44. The van der Waals surface area contributed by atoms with E-state index in [2.05, 4.69) is 17.1 Å². The molecule has 0 aliphatic carbocycles. The van der Waals surface area contributed by atoms with Crippen LogP contribution in [0.15, 0.2) is 24.3 Å². The van der Waals surface area contributed by atoms with Crippen LogP contribution < -0.4 is 10.1 Å². The van der Waals surface area contributed by atoms with Gasteiger partial charge in [0, 0.05) is 32.7 Å². The summed E-state index contributed by atoms with van der Waals surface area (Å²) >= 11 is 0. The number of anilines is 1. The van der Waals surface area contributed by atoms with Gasteiger partial charge in [0.2, 0.25) is 0 Å². The second-order valence-corrected chi connectivity index (χ2v) is 6.63. The van der Waals surface area contributed by atoms with Crippen LogP contribution in [0, 0.1) is 0 Å². The highest BCUT2D eigenvalue weighted by atomic mass is 16.5. The molecule has 0 bridgehead atoms. The number of carbonyl (C=O) groups excluding carboxylic acids is 1. The lowest BCUT2D eigenvalue weighted by Crippen LogP contribution is -2.44. The zero-order chi connectivity index (χ0) is 18.6. The van der Waals surface area contributed by atoms with Gasteiger partial charge in [0.05, 0.1) is 26.0 Å². The number of nitrogens with one attached hydrogen (secondary N) is 1. The minimum atomic E-state index is -0.0562. The number of methoxy groups -OCH3 is 1. The second kappa shape index (κ2) is 11.8. The minimum absolute atomic E-state index is 0.0562. The summed E-state index contributed by atoms with van der Waals surface area (Å²) in [5.74, 6) is 0.681. The molecule has 0 saturated carbocycles. The molecule has 1 aliphatic heterocycles. The summed E-state index contributed by atoms with van der Waals surface area (Å²) in [6.45, 7) is 8.04. The molecule has 0 atom stereocenters. The van der Waals surface area contributed by atoms with Crippen LogP contribution in [0.25, 0.3) is 0 Å². The summed E-state index contributed by atoms with van der Waals surface area (Å²) in [5.41, 5.74) is 0.713. The van der Waals surface area contributed by atoms with E-state index in [1.54, 1.807) is 7.11 Å². The molecule has 6 heteroatoms. The molecule has 6 nitrogen and oxygen atoms in total. The van der Waals surface area contributed by atoms with E-state index in [4.69, 9.17) is 9.47 Å². The molecule has 1 fully saturated rings. The average Bonchev–Trinajstić information content (AvgIpc) is 2.68. The molecule has 0 unspecified atom stereocenters. The van der Waals surface area contributed by atoms with Gasteiger partial charge in [-0.25, -0.2) is 4.79 Å². The lowest BCUT2D eigenvalue weighted by molar-refractivity contribution is 0.0351. The van der Waals surface area contributed by atoms with Crippen molar-refractivity contribution < 1.29 is 14.3 Å². The summed E-state index contributed by atoms with van der Waals surface area (Å²) in [5, 5.41) is 3.01. The van der Waals surface area contributed by atoms with Gasteiger partial charge in [-0.3, -0.25) is 4.90 Å². The Kier molecular flexibility index (Phi) is 9.28. The minimum Gasteiger partial charge on any atom is -0.495 e. The van der Waals surface area contributed by atoms with Gasteiger partial charge in [0.1, 0.15) is 5.75 Å². The Labute approximate surface area is 157 Å². The maximum atomic E-state index is 12.8. The van der Waals surface area contributed by atoms with Crippen molar-refractivity contribution in [3.8, 4) is 5.75 Å². The van der Waals surface area contributed by atoms with Gasteiger partial charge < -0.3 is 19.7 Å². The normalized spacial score (nSPS) is 14.8. The fraction of sp³-hybridized carbons (Fsp3) is 0.650. The van der Waals surface area contributed by atoms with Crippen LogP contribution in [0.1, 0.15) is 32.6 Å². The van der Waals surface area contributed by atoms with Crippen molar-refractivity contribution in [2.75, 3.05) is 58.4 Å². The van der Waals surface area contributed by atoms with Crippen molar-refractivity contribution in [2.45, 2.75) is 32.6 Å². The van der Waals surface area contributed by atoms with Crippen molar-refractivity contribution >= 4 is 11.7 Å². The third-order valence-electron chi connectivity index (χ3n) is 4.71. The van der Waals surface area contributed by atoms with Crippen molar-refractivity contribution in [2.24, 2.45) is 0 Å². The zero-order valence-corrected chi connectivity index (χ0v) is 16.2. The van der Waals surface area contributed by atoms with Crippen molar-refractivity contribution in [1.82, 2.24) is 9.80 Å². The average molecular weight is 364 g/mol. The number of unbranched alkanes of at least 4 members (excludes halogenated alkanes) is 3. The highest BCUT2D eigenvalue weighted by molar-refractivity contribution is 5.91. The number of hydrogen-bond donors (Lipinski definition) is 1. The lowest BCUT2D eigenvalue weighted by atomic mass is 10.2. The number of amides is 2. The number of para-hydroxylation sites is 2. The van der Waals surface area contributed by atoms with E-state index in [1.165, 1.54) is 12.8 Å². The Balaban J connectivity index is 1.92. The van der Waals surface area contributed by atoms with E-state index in [-0.39, 0.29) is 6.03 Å². The Morgan fingerprint density at radius 3 is 2.69 bits per heavy atom. The summed E-state index contributed by atoms with van der Waals surface area (Å²) in [4.78, 5) is 17.1. The number of hydrogen-bond acceptors (Lipinski definition) is 4. The maximum absolute atomic E-state index is 12.8. The summed E-state index contributed by atoms with van der Waals surface area (Å²) in [7, 11) is 1.62. The van der Waals surface area contributed by atoms with E-state index in [0.29, 0.717) is 11.4 Å². The van der Waals surface area contributed by atoms with Crippen LogP contribution in [0.4, 0.5) is 10.5 Å². The molecular weight excluding hydrogens is 330 g/mol. The smallest absolute Gasteiger partial charge is 0.321 e. The third kappa shape index (κ3) is 6.84. The third-order valence-corrected chi connectivity index (χ3v) is 4.71. The first-order valence-corrected chi connectivity index (χ1v) is 9.73. The number of urea groups is 1. The second-order valence-electron chi connectivity index (χ2n) is 6.63. The van der Waals surface area contributed by atoms with Crippen molar-refractivity contribution in [3.63, 3.8) is 0 Å². The van der Waals surface area contributed by atoms with Gasteiger partial charge in [-0.15, -0.1) is 0 Å². The molecule has 1 aromatic carbocycles. The molecule has 146 valence electrons. The van der Waals surface area contributed by atoms with Crippen molar-refractivity contribution in [3.05, 3.63) is 24.3 Å². The van der Waals surface area contributed by atoms with Gasteiger partial charge >= 0.3 is 6.03 Å². The highest BCUT2D eigenvalue weighted by Crippen LogP contribution is 2.23. The van der Waals surface area contributed by atoms with Gasteiger partial charge in [-0.2, -0.15) is 0 Å². The van der Waals surface area contributed by atoms with Gasteiger partial charge in [0.15, 0.2) is 0 Å². The Bertz CT molecular complexity index is 533.